The molecule has 0 aliphatic carbocycles. The number of ether oxygens (including phenoxy) is 1. The summed E-state index contributed by atoms with van der Waals surface area (Å²) >= 11 is 0. The van der Waals surface area contributed by atoms with E-state index in [9.17, 15) is 13.2 Å². The zero-order valence-corrected chi connectivity index (χ0v) is 16.3. The van der Waals surface area contributed by atoms with Crippen molar-refractivity contribution in [1.82, 2.24) is 5.32 Å². The van der Waals surface area contributed by atoms with Crippen LogP contribution in [-0.2, 0) is 16.6 Å². The molecule has 0 fully saturated rings. The molecule has 2 aromatic carbocycles. The lowest BCUT2D eigenvalue weighted by Gasteiger charge is -2.20. The second-order valence-corrected chi connectivity index (χ2v) is 7.97. The third-order valence-electron chi connectivity index (χ3n) is 4.02. The normalized spacial score (nSPS) is 11.1. The van der Waals surface area contributed by atoms with Crippen molar-refractivity contribution in [3.8, 4) is 5.75 Å². The summed E-state index contributed by atoms with van der Waals surface area (Å²) in [5.74, 6) is 0.455. The summed E-state index contributed by atoms with van der Waals surface area (Å²) in [6.45, 7) is 4.57. The number of benzene rings is 2. The second-order valence-electron chi connectivity index (χ2n) is 5.96. The molecule has 0 saturated heterocycles. The molecule has 2 rings (SSSR count). The number of hydrogen-bond donors (Lipinski definition) is 1. The molecule has 7 heteroatoms. The second kappa shape index (κ2) is 8.23. The van der Waals surface area contributed by atoms with Crippen molar-refractivity contribution < 1.29 is 17.9 Å². The van der Waals surface area contributed by atoms with Crippen LogP contribution in [0.3, 0.4) is 0 Å². The van der Waals surface area contributed by atoms with E-state index in [0.29, 0.717) is 24.4 Å². The van der Waals surface area contributed by atoms with Gasteiger partial charge in [-0.3, -0.25) is 9.10 Å². The highest BCUT2D eigenvalue weighted by molar-refractivity contribution is 7.92. The fourth-order valence-corrected chi connectivity index (χ4v) is 3.05. The Morgan fingerprint density at radius 3 is 2.54 bits per heavy atom. The first kappa shape index (κ1) is 19.8. The number of carbonyl (C=O) groups is 1. The van der Waals surface area contributed by atoms with Crippen molar-refractivity contribution in [3.05, 3.63) is 59.2 Å². The van der Waals surface area contributed by atoms with Gasteiger partial charge < -0.3 is 10.1 Å². The quantitative estimate of drug-likeness (QED) is 0.806. The molecule has 0 unspecified atom stereocenters. The number of sulfonamides is 1. The van der Waals surface area contributed by atoms with E-state index in [2.05, 4.69) is 5.32 Å². The highest BCUT2D eigenvalue weighted by Gasteiger charge is 2.16. The Morgan fingerprint density at radius 2 is 1.88 bits per heavy atom. The maximum absolute atomic E-state index is 12.5. The van der Waals surface area contributed by atoms with Gasteiger partial charge in [0.25, 0.3) is 5.91 Å². The summed E-state index contributed by atoms with van der Waals surface area (Å²) in [6, 6.07) is 12.5. The average molecular weight is 376 g/mol. The zero-order valence-electron chi connectivity index (χ0n) is 15.4. The number of hydrogen-bond acceptors (Lipinski definition) is 4. The van der Waals surface area contributed by atoms with Crippen LogP contribution >= 0.6 is 0 Å². The summed E-state index contributed by atoms with van der Waals surface area (Å²) in [5, 5.41) is 2.85. The molecule has 0 saturated carbocycles. The number of nitrogens with one attached hydrogen (secondary N) is 1. The Morgan fingerprint density at radius 1 is 1.19 bits per heavy atom. The summed E-state index contributed by atoms with van der Waals surface area (Å²) in [6.07, 6.45) is 1.13. The van der Waals surface area contributed by atoms with Gasteiger partial charge in [-0.2, -0.15) is 0 Å². The molecular weight excluding hydrogens is 352 g/mol. The van der Waals surface area contributed by atoms with E-state index in [1.165, 1.54) is 11.4 Å². The first-order valence-electron chi connectivity index (χ1n) is 8.27. The predicted octanol–water partition coefficient (Wildman–Crippen LogP) is 2.72. The molecule has 0 aliphatic rings. The predicted molar refractivity (Wildman–Crippen MR) is 103 cm³/mol. The number of carbonyl (C=O) groups excluding carboxylic acids is 1. The minimum atomic E-state index is -3.40. The molecule has 0 aromatic heterocycles. The average Bonchev–Trinajstić information content (AvgIpc) is 2.60. The lowest BCUT2D eigenvalue weighted by Crippen LogP contribution is -2.27. The first-order chi connectivity index (χ1) is 12.2. The highest BCUT2D eigenvalue weighted by Crippen LogP contribution is 2.23. The lowest BCUT2D eigenvalue weighted by atomic mass is 10.1. The number of para-hydroxylation sites is 1. The number of amides is 1. The lowest BCUT2D eigenvalue weighted by molar-refractivity contribution is 0.0950. The van der Waals surface area contributed by atoms with E-state index < -0.39 is 10.0 Å². The molecule has 140 valence electrons. The first-order valence-corrected chi connectivity index (χ1v) is 10.1. The van der Waals surface area contributed by atoms with Gasteiger partial charge in [0, 0.05) is 24.7 Å². The smallest absolute Gasteiger partial charge is 0.251 e. The van der Waals surface area contributed by atoms with Gasteiger partial charge in [-0.15, -0.1) is 0 Å². The van der Waals surface area contributed by atoms with Gasteiger partial charge >= 0.3 is 0 Å². The van der Waals surface area contributed by atoms with Crippen molar-refractivity contribution in [2.24, 2.45) is 0 Å². The molecule has 0 spiro atoms. The van der Waals surface area contributed by atoms with Crippen LogP contribution in [0, 0.1) is 6.92 Å². The van der Waals surface area contributed by atoms with E-state index >= 15 is 0 Å². The molecule has 0 radical (unpaired) electrons. The van der Waals surface area contributed by atoms with Crippen LogP contribution in [0.1, 0.15) is 28.4 Å². The van der Waals surface area contributed by atoms with E-state index in [1.807, 2.05) is 31.2 Å². The van der Waals surface area contributed by atoms with Crippen molar-refractivity contribution in [3.63, 3.8) is 0 Å². The summed E-state index contributed by atoms with van der Waals surface area (Å²) in [4.78, 5) is 12.5. The molecule has 2 aromatic rings. The van der Waals surface area contributed by atoms with E-state index in [-0.39, 0.29) is 5.91 Å². The Hall–Kier alpha value is -2.54. The minimum Gasteiger partial charge on any atom is -0.494 e. The Balaban J connectivity index is 2.18. The molecule has 26 heavy (non-hydrogen) atoms. The van der Waals surface area contributed by atoms with Gasteiger partial charge in [0.2, 0.25) is 10.0 Å². The van der Waals surface area contributed by atoms with E-state index in [4.69, 9.17) is 4.74 Å². The fraction of sp³-hybridized carbons (Fsp3) is 0.316. The maximum Gasteiger partial charge on any atom is 0.251 e. The molecule has 0 atom stereocenters. The van der Waals surface area contributed by atoms with Crippen molar-refractivity contribution in [2.45, 2.75) is 20.4 Å². The van der Waals surface area contributed by atoms with Crippen LogP contribution < -0.4 is 14.4 Å². The number of nitrogens with zero attached hydrogens (tertiary/aromatic N) is 1. The van der Waals surface area contributed by atoms with Crippen molar-refractivity contribution in [2.75, 3.05) is 24.2 Å². The fourth-order valence-electron chi connectivity index (χ4n) is 2.49. The van der Waals surface area contributed by atoms with Gasteiger partial charge in [0.05, 0.1) is 18.6 Å². The summed E-state index contributed by atoms with van der Waals surface area (Å²) in [7, 11) is -1.93. The minimum absolute atomic E-state index is 0.278. The summed E-state index contributed by atoms with van der Waals surface area (Å²) < 4.78 is 30.3. The molecule has 0 aliphatic heterocycles. The van der Waals surface area contributed by atoms with Crippen LogP contribution in [0.15, 0.2) is 42.5 Å². The van der Waals surface area contributed by atoms with Crippen LogP contribution in [0.5, 0.6) is 5.75 Å². The van der Waals surface area contributed by atoms with E-state index in [1.54, 1.807) is 25.1 Å². The largest absolute Gasteiger partial charge is 0.494 e. The van der Waals surface area contributed by atoms with Crippen LogP contribution in [0.25, 0.3) is 0 Å². The van der Waals surface area contributed by atoms with Gasteiger partial charge in [-0.1, -0.05) is 24.3 Å². The van der Waals surface area contributed by atoms with E-state index in [0.717, 1.165) is 23.1 Å². The number of anilines is 1. The Kier molecular flexibility index (Phi) is 6.26. The van der Waals surface area contributed by atoms with Crippen molar-refractivity contribution in [1.29, 1.82) is 0 Å². The van der Waals surface area contributed by atoms with Gasteiger partial charge in [0.15, 0.2) is 0 Å². The molecule has 0 bridgehead atoms. The third-order valence-corrected chi connectivity index (χ3v) is 5.21. The highest BCUT2D eigenvalue weighted by atomic mass is 32.2. The van der Waals surface area contributed by atoms with Crippen LogP contribution in [0.2, 0.25) is 0 Å². The Labute approximate surface area is 154 Å². The molecule has 0 heterocycles. The number of rotatable bonds is 7. The molecule has 6 nitrogen and oxygen atoms in total. The number of aryl methyl sites for hydroxylation is 1. The summed E-state index contributed by atoms with van der Waals surface area (Å²) in [5.41, 5.74) is 2.53. The topological polar surface area (TPSA) is 75.7 Å². The molecule has 1 amide bonds. The maximum atomic E-state index is 12.5. The SMILES string of the molecule is CCOc1ccccc1CNC(=O)c1ccc(C)c(N(C)S(C)(=O)=O)c1. The zero-order chi connectivity index (χ0) is 19.3. The molecule has 1 N–H and O–H groups in total. The standard InChI is InChI=1S/C19H24N2O4S/c1-5-25-18-9-7-6-8-16(18)13-20-19(22)15-11-10-14(2)17(12-15)21(3)26(4,23)24/h6-12H,5,13H2,1-4H3,(H,20,22). The Bertz CT molecular complexity index is 894. The van der Waals surface area contributed by atoms with Gasteiger partial charge in [-0.25, -0.2) is 8.42 Å². The van der Waals surface area contributed by atoms with Crippen LogP contribution in [0.4, 0.5) is 5.69 Å². The third kappa shape index (κ3) is 4.76. The van der Waals surface area contributed by atoms with Crippen LogP contribution in [-0.4, -0.2) is 34.2 Å². The monoisotopic (exact) mass is 376 g/mol. The van der Waals surface area contributed by atoms with Gasteiger partial charge in [-0.05, 0) is 37.6 Å². The van der Waals surface area contributed by atoms with Crippen molar-refractivity contribution >= 4 is 21.6 Å². The van der Waals surface area contributed by atoms with Gasteiger partial charge in [0.1, 0.15) is 5.75 Å². The molecular formula is C19H24N2O4S.